The van der Waals surface area contributed by atoms with Crippen molar-refractivity contribution in [3.8, 4) is 11.1 Å². The summed E-state index contributed by atoms with van der Waals surface area (Å²) in [5.74, 6) is 0.457. The number of nitrogens with two attached hydrogens (primary N) is 1. The van der Waals surface area contributed by atoms with Gasteiger partial charge < -0.3 is 10.8 Å². The van der Waals surface area contributed by atoms with Gasteiger partial charge in [0, 0.05) is 24.2 Å². The van der Waals surface area contributed by atoms with Crippen LogP contribution in [0.25, 0.3) is 11.1 Å². The molecule has 5 N–H and O–H groups in total. The van der Waals surface area contributed by atoms with Crippen molar-refractivity contribution in [2.24, 2.45) is 4.99 Å². The van der Waals surface area contributed by atoms with Crippen LogP contribution >= 0.6 is 11.6 Å². The lowest BCUT2D eigenvalue weighted by Crippen LogP contribution is -2.41. The highest BCUT2D eigenvalue weighted by molar-refractivity contribution is 6.29. The maximum atomic E-state index is 8.62. The molecule has 29 heavy (non-hydrogen) atoms. The fraction of sp³-hybridized carbons (Fsp3) is 0.190. The number of nitrogen functional groups attached to an aromatic ring is 1. The van der Waals surface area contributed by atoms with E-state index in [9.17, 15) is 0 Å². The number of aromatic nitrogens is 3. The summed E-state index contributed by atoms with van der Waals surface area (Å²) >= 11 is 5.90. The molecule has 8 heteroatoms. The van der Waals surface area contributed by atoms with Crippen LogP contribution in [0.3, 0.4) is 0 Å². The molecule has 0 saturated heterocycles. The minimum Gasteiger partial charge on any atom is -0.578 e. The van der Waals surface area contributed by atoms with E-state index >= 15 is 0 Å². The quantitative estimate of drug-likeness (QED) is 0.298. The molecule has 7 nitrogen and oxygen atoms in total. The van der Waals surface area contributed by atoms with Gasteiger partial charge in [-0.2, -0.15) is 0 Å². The second-order valence-corrected chi connectivity index (χ2v) is 7.41. The Bertz CT molecular complexity index is 1080. The average molecular weight is 408 g/mol. The number of nitrogens with zero attached hydrogens (tertiary/aromatic N) is 4. The van der Waals surface area contributed by atoms with Crippen molar-refractivity contribution in [1.82, 2.24) is 15.0 Å². The minimum absolute atomic E-state index is 0.0150. The standard InChI is InChI=1S/C21H19ClN6O/c22-17-10-14(6-9-25-17)18(29)28-19(23)21(7-1-8-21)16-4-2-13(3-5-16)15-11-26-20(24)27-12-15/h2-6,9-12H,1,7-8H2,(H2,23,28,29)(H2,24,26,27)/p+1. The SMILES string of the molecule is N=C(N=C([OH2+])c1ccnc(Cl)c1)C1(c2ccc(-c3cnc(N)nc3)cc2)CCC1. The lowest BCUT2D eigenvalue weighted by atomic mass is 9.63. The molecule has 0 unspecified atom stereocenters. The largest absolute Gasteiger partial charge is 0.578 e. The van der Waals surface area contributed by atoms with E-state index in [0.29, 0.717) is 10.7 Å². The summed E-state index contributed by atoms with van der Waals surface area (Å²) in [4.78, 5) is 16.3. The molecule has 2 heterocycles. The van der Waals surface area contributed by atoms with Gasteiger partial charge in [0.15, 0.2) is 0 Å². The van der Waals surface area contributed by atoms with Crippen LogP contribution in [0.15, 0.2) is 60.0 Å². The van der Waals surface area contributed by atoms with Crippen molar-refractivity contribution in [2.75, 3.05) is 5.73 Å². The number of anilines is 1. The first-order chi connectivity index (χ1) is 14.0. The van der Waals surface area contributed by atoms with Crippen LogP contribution in [0.1, 0.15) is 30.4 Å². The van der Waals surface area contributed by atoms with Gasteiger partial charge in [0.25, 0.3) is 0 Å². The second kappa shape index (κ2) is 7.60. The molecule has 0 atom stereocenters. The van der Waals surface area contributed by atoms with Crippen molar-refractivity contribution >= 4 is 29.3 Å². The molecule has 1 aromatic carbocycles. The molecule has 0 amide bonds. The summed E-state index contributed by atoms with van der Waals surface area (Å²) in [5, 5.41) is 17.2. The molecule has 1 saturated carbocycles. The predicted molar refractivity (Wildman–Crippen MR) is 115 cm³/mol. The van der Waals surface area contributed by atoms with Gasteiger partial charge in [-0.1, -0.05) is 42.3 Å². The van der Waals surface area contributed by atoms with E-state index in [1.54, 1.807) is 24.5 Å². The Balaban J connectivity index is 1.61. The fourth-order valence-electron chi connectivity index (χ4n) is 3.49. The maximum absolute atomic E-state index is 8.62. The Kier molecular flexibility index (Phi) is 4.98. The maximum Gasteiger partial charge on any atom is 0.366 e. The van der Waals surface area contributed by atoms with Crippen LogP contribution in [0.4, 0.5) is 5.95 Å². The van der Waals surface area contributed by atoms with E-state index in [4.69, 9.17) is 27.9 Å². The van der Waals surface area contributed by atoms with E-state index in [2.05, 4.69) is 19.9 Å². The number of nitrogens with one attached hydrogen (secondary N) is 1. The van der Waals surface area contributed by atoms with Crippen molar-refractivity contribution in [2.45, 2.75) is 24.7 Å². The Morgan fingerprint density at radius 2 is 1.76 bits per heavy atom. The Morgan fingerprint density at radius 3 is 2.34 bits per heavy atom. The zero-order chi connectivity index (χ0) is 20.4. The van der Waals surface area contributed by atoms with E-state index in [-0.39, 0.29) is 17.7 Å². The number of rotatable bonds is 4. The number of hydrogen-bond donors (Lipinski definition) is 2. The molecule has 2 aromatic heterocycles. The number of amidine groups is 1. The monoisotopic (exact) mass is 407 g/mol. The summed E-state index contributed by atoms with van der Waals surface area (Å²) in [6.45, 7) is 0. The second-order valence-electron chi connectivity index (χ2n) is 7.02. The zero-order valence-electron chi connectivity index (χ0n) is 15.6. The van der Waals surface area contributed by atoms with Gasteiger partial charge in [-0.05, 0) is 36.1 Å². The number of benzene rings is 1. The van der Waals surface area contributed by atoms with E-state index in [0.717, 1.165) is 36.0 Å². The number of pyridine rings is 1. The molecule has 0 spiro atoms. The molecular weight excluding hydrogens is 388 g/mol. The van der Waals surface area contributed by atoms with Crippen LogP contribution in [0.2, 0.25) is 5.15 Å². The van der Waals surface area contributed by atoms with Crippen molar-refractivity contribution < 1.29 is 5.11 Å². The van der Waals surface area contributed by atoms with Gasteiger partial charge in [0.2, 0.25) is 5.95 Å². The summed E-state index contributed by atoms with van der Waals surface area (Å²) < 4.78 is 0. The highest BCUT2D eigenvalue weighted by Gasteiger charge is 2.43. The van der Waals surface area contributed by atoms with E-state index < -0.39 is 5.41 Å². The van der Waals surface area contributed by atoms with E-state index in [1.165, 1.54) is 6.20 Å². The molecular formula is C21H20ClN6O+. The lowest BCUT2D eigenvalue weighted by molar-refractivity contribution is 0.336. The molecule has 4 rings (SSSR count). The van der Waals surface area contributed by atoms with Gasteiger partial charge in [-0.3, -0.25) is 5.41 Å². The molecule has 146 valence electrons. The molecule has 3 aromatic rings. The molecule has 1 fully saturated rings. The number of aliphatic imine (C=N–C) groups is 1. The molecule has 1 aliphatic carbocycles. The highest BCUT2D eigenvalue weighted by atomic mass is 35.5. The molecule has 1 aliphatic rings. The Morgan fingerprint density at radius 1 is 1.07 bits per heavy atom. The third-order valence-electron chi connectivity index (χ3n) is 5.33. The summed E-state index contributed by atoms with van der Waals surface area (Å²) in [7, 11) is 0. The van der Waals surface area contributed by atoms with Gasteiger partial charge in [0.1, 0.15) is 11.0 Å². The Hall–Kier alpha value is -3.32. The summed E-state index contributed by atoms with van der Waals surface area (Å²) in [6.07, 6.45) is 7.61. The van der Waals surface area contributed by atoms with Gasteiger partial charge >= 0.3 is 5.90 Å². The third kappa shape index (κ3) is 3.69. The zero-order valence-corrected chi connectivity index (χ0v) is 16.3. The minimum atomic E-state index is -0.459. The molecule has 0 radical (unpaired) electrons. The first-order valence-corrected chi connectivity index (χ1v) is 9.55. The Labute approximate surface area is 172 Å². The molecule has 0 bridgehead atoms. The fourth-order valence-corrected chi connectivity index (χ4v) is 3.67. The first-order valence-electron chi connectivity index (χ1n) is 9.18. The smallest absolute Gasteiger partial charge is 0.366 e. The van der Waals surface area contributed by atoms with Crippen LogP contribution in [0, 0.1) is 5.41 Å². The van der Waals surface area contributed by atoms with Crippen molar-refractivity contribution in [1.29, 1.82) is 5.41 Å². The van der Waals surface area contributed by atoms with Gasteiger partial charge in [-0.25, -0.2) is 15.0 Å². The van der Waals surface area contributed by atoms with Crippen LogP contribution in [-0.4, -0.2) is 31.8 Å². The predicted octanol–water partition coefficient (Wildman–Crippen LogP) is 3.34. The first kappa shape index (κ1) is 19.0. The van der Waals surface area contributed by atoms with Crippen molar-refractivity contribution in [3.05, 3.63) is 71.3 Å². The number of halogens is 1. The molecule has 0 aliphatic heterocycles. The topological polar surface area (TPSA) is 124 Å². The number of hydrogen-bond acceptors (Lipinski definition) is 5. The average Bonchev–Trinajstić information content (AvgIpc) is 2.68. The lowest BCUT2D eigenvalue weighted by Gasteiger charge is -2.41. The van der Waals surface area contributed by atoms with Crippen LogP contribution in [0.5, 0.6) is 0 Å². The van der Waals surface area contributed by atoms with Crippen molar-refractivity contribution in [3.63, 3.8) is 0 Å². The highest BCUT2D eigenvalue weighted by Crippen LogP contribution is 2.45. The summed E-state index contributed by atoms with van der Waals surface area (Å²) in [5.41, 5.74) is 8.52. The summed E-state index contributed by atoms with van der Waals surface area (Å²) in [6, 6.07) is 11.3. The third-order valence-corrected chi connectivity index (χ3v) is 5.53. The normalized spacial score (nSPS) is 15.6. The van der Waals surface area contributed by atoms with Crippen LogP contribution in [-0.2, 0) is 5.41 Å². The van der Waals surface area contributed by atoms with Crippen LogP contribution < -0.4 is 5.73 Å². The van der Waals surface area contributed by atoms with Gasteiger partial charge in [-0.15, -0.1) is 4.99 Å². The van der Waals surface area contributed by atoms with E-state index in [1.807, 2.05) is 24.3 Å². The van der Waals surface area contributed by atoms with Gasteiger partial charge in [0.05, 0.1) is 11.0 Å².